The van der Waals surface area contributed by atoms with Gasteiger partial charge in [-0.25, -0.2) is 13.1 Å². The largest absolute Gasteiger partial charge is 0.345 e. The summed E-state index contributed by atoms with van der Waals surface area (Å²) in [5.74, 6) is -0.385. The number of rotatable bonds is 6. The molecule has 0 radical (unpaired) electrons. The fourth-order valence-electron chi connectivity index (χ4n) is 1.48. The van der Waals surface area contributed by atoms with Gasteiger partial charge < -0.3 is 4.90 Å². The molecule has 0 aromatic carbocycles. The third-order valence-corrected chi connectivity index (χ3v) is 4.05. The van der Waals surface area contributed by atoms with Gasteiger partial charge in [0.25, 0.3) is 5.91 Å². The summed E-state index contributed by atoms with van der Waals surface area (Å²) in [6.45, 7) is 2.33. The Balaban J connectivity index is 3.10. The zero-order valence-corrected chi connectivity index (χ0v) is 12.2. The van der Waals surface area contributed by atoms with Crippen LogP contribution in [0.5, 0.6) is 0 Å². The maximum absolute atomic E-state index is 12.1. The maximum Gasteiger partial charge on any atom is 0.256 e. The molecule has 0 spiro atoms. The molecule has 0 aliphatic carbocycles. The predicted molar refractivity (Wildman–Crippen MR) is 72.4 cm³/mol. The van der Waals surface area contributed by atoms with E-state index in [4.69, 9.17) is 0 Å². The van der Waals surface area contributed by atoms with Gasteiger partial charge >= 0.3 is 0 Å². The van der Waals surface area contributed by atoms with Crippen molar-refractivity contribution in [2.75, 3.05) is 20.6 Å². The quantitative estimate of drug-likeness (QED) is 0.786. The van der Waals surface area contributed by atoms with Crippen LogP contribution in [0.25, 0.3) is 0 Å². The summed E-state index contributed by atoms with van der Waals surface area (Å²) >= 11 is 0. The van der Waals surface area contributed by atoms with Crippen molar-refractivity contribution in [1.82, 2.24) is 14.6 Å². The predicted octanol–water partition coefficient (Wildman–Crippen LogP) is 0.862. The Morgan fingerprint density at radius 3 is 2.68 bits per heavy atom. The molecule has 1 N–H and O–H groups in total. The molecule has 6 nitrogen and oxygen atoms in total. The van der Waals surface area contributed by atoms with Crippen LogP contribution in [0, 0.1) is 0 Å². The standard InChI is InChI=1S/C12H19N3O3S/c1-4-5-7-14-19(17,18)11-6-8-13-9-10(11)12(16)15(2)3/h6,8-9,14H,4-5,7H2,1-3H3. The van der Waals surface area contributed by atoms with Crippen molar-refractivity contribution >= 4 is 15.9 Å². The fourth-order valence-corrected chi connectivity index (χ4v) is 2.72. The van der Waals surface area contributed by atoms with E-state index in [1.807, 2.05) is 6.92 Å². The number of carbonyl (C=O) groups excluding carboxylic acids is 1. The van der Waals surface area contributed by atoms with Crippen LogP contribution in [0.2, 0.25) is 0 Å². The number of carbonyl (C=O) groups is 1. The van der Waals surface area contributed by atoms with Crippen LogP contribution >= 0.6 is 0 Å². The molecule has 1 aromatic rings. The van der Waals surface area contributed by atoms with Gasteiger partial charge in [0.15, 0.2) is 0 Å². The number of hydrogen-bond donors (Lipinski definition) is 1. The van der Waals surface area contributed by atoms with Crippen molar-refractivity contribution in [2.24, 2.45) is 0 Å². The van der Waals surface area contributed by atoms with Gasteiger partial charge in [0.2, 0.25) is 10.0 Å². The summed E-state index contributed by atoms with van der Waals surface area (Å²) in [6, 6.07) is 1.34. The lowest BCUT2D eigenvalue weighted by Crippen LogP contribution is -2.29. The molecule has 0 unspecified atom stereocenters. The molecule has 0 atom stereocenters. The number of unbranched alkanes of at least 4 members (excludes halogenated alkanes) is 1. The Bertz CT molecular complexity index is 541. The highest BCUT2D eigenvalue weighted by Crippen LogP contribution is 2.15. The average Bonchev–Trinajstić information content (AvgIpc) is 2.38. The Morgan fingerprint density at radius 2 is 2.11 bits per heavy atom. The first-order valence-electron chi connectivity index (χ1n) is 6.05. The molecular weight excluding hydrogens is 266 g/mol. The zero-order valence-electron chi connectivity index (χ0n) is 11.4. The summed E-state index contributed by atoms with van der Waals surface area (Å²) in [7, 11) is -0.548. The second-order valence-electron chi connectivity index (χ2n) is 4.32. The first-order chi connectivity index (χ1) is 8.90. The van der Waals surface area contributed by atoms with Crippen LogP contribution < -0.4 is 4.72 Å². The van der Waals surface area contributed by atoms with Gasteiger partial charge in [-0.15, -0.1) is 0 Å². The fraction of sp³-hybridized carbons (Fsp3) is 0.500. The molecular formula is C12H19N3O3S. The van der Waals surface area contributed by atoms with Crippen molar-refractivity contribution < 1.29 is 13.2 Å². The number of nitrogens with zero attached hydrogens (tertiary/aromatic N) is 2. The molecule has 1 amide bonds. The molecule has 0 aliphatic heterocycles. The van der Waals surface area contributed by atoms with E-state index in [-0.39, 0.29) is 16.4 Å². The van der Waals surface area contributed by atoms with E-state index in [0.717, 1.165) is 12.8 Å². The maximum atomic E-state index is 12.1. The van der Waals surface area contributed by atoms with Gasteiger partial charge in [0.05, 0.1) is 10.5 Å². The van der Waals surface area contributed by atoms with E-state index in [0.29, 0.717) is 6.54 Å². The van der Waals surface area contributed by atoms with Crippen LogP contribution in [-0.4, -0.2) is 44.8 Å². The molecule has 0 saturated carbocycles. The SMILES string of the molecule is CCCCNS(=O)(=O)c1ccncc1C(=O)N(C)C. The highest BCUT2D eigenvalue weighted by Gasteiger charge is 2.22. The third-order valence-electron chi connectivity index (χ3n) is 2.53. The topological polar surface area (TPSA) is 79.4 Å². The van der Waals surface area contributed by atoms with E-state index in [9.17, 15) is 13.2 Å². The number of sulfonamides is 1. The summed E-state index contributed by atoms with van der Waals surface area (Å²) in [6.07, 6.45) is 4.28. The molecule has 0 bridgehead atoms. The normalized spacial score (nSPS) is 11.3. The highest BCUT2D eigenvalue weighted by molar-refractivity contribution is 7.89. The van der Waals surface area contributed by atoms with Crippen LogP contribution in [0.4, 0.5) is 0 Å². The second-order valence-corrected chi connectivity index (χ2v) is 6.06. The minimum atomic E-state index is -3.68. The van der Waals surface area contributed by atoms with Crippen LogP contribution in [0.1, 0.15) is 30.1 Å². The first kappa shape index (κ1) is 15.6. The summed E-state index contributed by atoms with van der Waals surface area (Å²) in [4.78, 5) is 17.0. The monoisotopic (exact) mass is 285 g/mol. The molecule has 0 fully saturated rings. The smallest absolute Gasteiger partial charge is 0.256 e. The van der Waals surface area contributed by atoms with Crippen LogP contribution in [-0.2, 0) is 10.0 Å². The molecule has 1 aromatic heterocycles. The van der Waals surface area contributed by atoms with Crippen molar-refractivity contribution in [3.63, 3.8) is 0 Å². The number of nitrogens with one attached hydrogen (secondary N) is 1. The molecule has 106 valence electrons. The summed E-state index contributed by atoms with van der Waals surface area (Å²) < 4.78 is 26.8. The van der Waals surface area contributed by atoms with E-state index in [1.165, 1.54) is 23.4 Å². The molecule has 19 heavy (non-hydrogen) atoms. The van der Waals surface area contributed by atoms with E-state index in [1.54, 1.807) is 14.1 Å². The zero-order chi connectivity index (χ0) is 14.5. The van der Waals surface area contributed by atoms with Gasteiger partial charge in [-0.05, 0) is 12.5 Å². The molecule has 0 aliphatic rings. The number of aromatic nitrogens is 1. The Morgan fingerprint density at radius 1 is 1.42 bits per heavy atom. The van der Waals surface area contributed by atoms with E-state index in [2.05, 4.69) is 9.71 Å². The van der Waals surface area contributed by atoms with Crippen molar-refractivity contribution in [3.8, 4) is 0 Å². The molecule has 1 rings (SSSR count). The number of hydrogen-bond acceptors (Lipinski definition) is 4. The van der Waals surface area contributed by atoms with Crippen molar-refractivity contribution in [3.05, 3.63) is 24.0 Å². The first-order valence-corrected chi connectivity index (χ1v) is 7.53. The summed E-state index contributed by atoms with van der Waals surface area (Å²) in [5, 5.41) is 0. The second kappa shape index (κ2) is 6.63. The lowest BCUT2D eigenvalue weighted by Gasteiger charge is -2.14. The van der Waals surface area contributed by atoms with Crippen LogP contribution in [0.15, 0.2) is 23.4 Å². The lowest BCUT2D eigenvalue weighted by atomic mass is 10.2. The minimum absolute atomic E-state index is 0.0303. The van der Waals surface area contributed by atoms with E-state index >= 15 is 0 Å². The van der Waals surface area contributed by atoms with Crippen molar-refractivity contribution in [1.29, 1.82) is 0 Å². The van der Waals surface area contributed by atoms with Crippen molar-refractivity contribution in [2.45, 2.75) is 24.7 Å². The summed E-state index contributed by atoms with van der Waals surface area (Å²) in [5.41, 5.74) is 0.0801. The Hall–Kier alpha value is -1.47. The highest BCUT2D eigenvalue weighted by atomic mass is 32.2. The lowest BCUT2D eigenvalue weighted by molar-refractivity contribution is 0.0823. The average molecular weight is 285 g/mol. The van der Waals surface area contributed by atoms with E-state index < -0.39 is 10.0 Å². The van der Waals surface area contributed by atoms with Gasteiger partial charge in [-0.3, -0.25) is 9.78 Å². The Labute approximate surface area is 113 Å². The van der Waals surface area contributed by atoms with Crippen LogP contribution in [0.3, 0.4) is 0 Å². The third kappa shape index (κ3) is 4.00. The molecule has 7 heteroatoms. The van der Waals surface area contributed by atoms with Gasteiger partial charge in [-0.1, -0.05) is 13.3 Å². The molecule has 0 saturated heterocycles. The Kier molecular flexibility index (Phi) is 5.44. The minimum Gasteiger partial charge on any atom is -0.345 e. The van der Waals surface area contributed by atoms with Gasteiger partial charge in [0.1, 0.15) is 0 Å². The number of amides is 1. The van der Waals surface area contributed by atoms with Gasteiger partial charge in [0, 0.05) is 33.0 Å². The molecule has 1 heterocycles. The number of pyridine rings is 1. The van der Waals surface area contributed by atoms with Gasteiger partial charge in [-0.2, -0.15) is 0 Å².